The lowest BCUT2D eigenvalue weighted by Crippen LogP contribution is -2.47. The number of aromatic amines is 1. The first kappa shape index (κ1) is 21.8. The van der Waals surface area contributed by atoms with E-state index in [1.165, 1.54) is 4.90 Å². The number of rotatable bonds is 9. The van der Waals surface area contributed by atoms with Crippen molar-refractivity contribution in [3.63, 3.8) is 0 Å². The molecule has 6 nitrogen and oxygen atoms in total. The van der Waals surface area contributed by atoms with Crippen LogP contribution in [-0.4, -0.2) is 38.7 Å². The van der Waals surface area contributed by atoms with Crippen molar-refractivity contribution in [3.8, 4) is 17.0 Å². The van der Waals surface area contributed by atoms with E-state index < -0.39 is 11.6 Å². The maximum Gasteiger partial charge on any atom is 0.408 e. The summed E-state index contributed by atoms with van der Waals surface area (Å²) in [6.07, 6.45) is 5.92. The zero-order chi connectivity index (χ0) is 20.7. The van der Waals surface area contributed by atoms with E-state index in [9.17, 15) is 9.90 Å². The Labute approximate surface area is 167 Å². The maximum absolute atomic E-state index is 12.1. The van der Waals surface area contributed by atoms with Crippen LogP contribution in [-0.2, 0) is 0 Å². The van der Waals surface area contributed by atoms with E-state index in [4.69, 9.17) is 4.74 Å². The van der Waals surface area contributed by atoms with Gasteiger partial charge in [-0.3, -0.25) is 4.90 Å². The van der Waals surface area contributed by atoms with Gasteiger partial charge in [0.05, 0.1) is 25.0 Å². The Balaban J connectivity index is 2.37. The van der Waals surface area contributed by atoms with Gasteiger partial charge < -0.3 is 14.8 Å². The van der Waals surface area contributed by atoms with E-state index in [-0.39, 0.29) is 6.04 Å². The fraction of sp³-hybridized carbons (Fsp3) is 0.545. The number of methoxy groups -OCH3 is 1. The second kappa shape index (κ2) is 9.62. The fourth-order valence-electron chi connectivity index (χ4n) is 3.55. The van der Waals surface area contributed by atoms with Gasteiger partial charge in [0.15, 0.2) is 0 Å². The molecule has 1 aromatic heterocycles. The monoisotopic (exact) mass is 387 g/mol. The van der Waals surface area contributed by atoms with E-state index >= 15 is 0 Å². The molecular weight excluding hydrogens is 354 g/mol. The molecule has 28 heavy (non-hydrogen) atoms. The van der Waals surface area contributed by atoms with Crippen molar-refractivity contribution in [1.29, 1.82) is 0 Å². The highest BCUT2D eigenvalue weighted by Gasteiger charge is 2.35. The number of ether oxygens (including phenoxy) is 1. The predicted octanol–water partition coefficient (Wildman–Crippen LogP) is 5.88. The minimum atomic E-state index is -0.928. The molecule has 2 aromatic rings. The number of nitrogens with one attached hydrogen (secondary N) is 1. The minimum absolute atomic E-state index is 0.321. The van der Waals surface area contributed by atoms with Crippen molar-refractivity contribution in [2.24, 2.45) is 0 Å². The van der Waals surface area contributed by atoms with Crippen molar-refractivity contribution in [2.75, 3.05) is 7.11 Å². The number of hydrogen-bond donors (Lipinski definition) is 2. The molecule has 0 saturated carbocycles. The van der Waals surface area contributed by atoms with Crippen LogP contribution < -0.4 is 4.74 Å². The van der Waals surface area contributed by atoms with Gasteiger partial charge in [-0.15, -0.1) is 0 Å². The van der Waals surface area contributed by atoms with E-state index in [2.05, 4.69) is 16.9 Å². The molecule has 0 aliphatic rings. The van der Waals surface area contributed by atoms with Gasteiger partial charge >= 0.3 is 6.09 Å². The zero-order valence-corrected chi connectivity index (χ0v) is 17.7. The van der Waals surface area contributed by atoms with Crippen molar-refractivity contribution < 1.29 is 14.6 Å². The highest BCUT2D eigenvalue weighted by atomic mass is 16.5. The molecule has 0 bridgehead atoms. The molecule has 154 valence electrons. The number of carboxylic acid groups (broad SMARTS) is 1. The zero-order valence-electron chi connectivity index (χ0n) is 17.7. The number of benzene rings is 1. The SMILES string of the molecule is CCCCCC[C@H](c1ncc(-c2ccccc2OC)[nH]1)N(C(=O)O)C(C)(C)C. The summed E-state index contributed by atoms with van der Waals surface area (Å²) in [6.45, 7) is 7.93. The third-order valence-corrected chi connectivity index (χ3v) is 4.88. The van der Waals surface area contributed by atoms with Gasteiger partial charge in [-0.1, -0.05) is 44.7 Å². The van der Waals surface area contributed by atoms with Crippen LogP contribution in [0.3, 0.4) is 0 Å². The lowest BCUT2D eigenvalue weighted by Gasteiger charge is -2.39. The lowest BCUT2D eigenvalue weighted by atomic mass is 9.99. The highest BCUT2D eigenvalue weighted by molar-refractivity contribution is 5.68. The Hall–Kier alpha value is -2.50. The normalized spacial score (nSPS) is 12.6. The lowest BCUT2D eigenvalue weighted by molar-refractivity contribution is 0.0630. The molecule has 0 unspecified atom stereocenters. The van der Waals surface area contributed by atoms with E-state index in [1.807, 2.05) is 45.0 Å². The molecule has 0 radical (unpaired) electrons. The number of carbonyl (C=O) groups is 1. The second-order valence-corrected chi connectivity index (χ2v) is 8.07. The number of unbranched alkanes of at least 4 members (excludes halogenated alkanes) is 3. The molecule has 0 saturated heterocycles. The molecule has 1 heterocycles. The van der Waals surface area contributed by atoms with Crippen LogP contribution >= 0.6 is 0 Å². The molecule has 1 aromatic carbocycles. The molecule has 0 fully saturated rings. The number of hydrogen-bond acceptors (Lipinski definition) is 3. The van der Waals surface area contributed by atoms with Gasteiger partial charge in [0.2, 0.25) is 0 Å². The van der Waals surface area contributed by atoms with Crippen LogP contribution in [0, 0.1) is 0 Å². The van der Waals surface area contributed by atoms with E-state index in [0.717, 1.165) is 49.1 Å². The first-order chi connectivity index (χ1) is 13.3. The first-order valence-electron chi connectivity index (χ1n) is 10.00. The average Bonchev–Trinajstić information content (AvgIpc) is 3.12. The Morgan fingerprint density at radius 1 is 1.25 bits per heavy atom. The van der Waals surface area contributed by atoms with Crippen LogP contribution in [0.15, 0.2) is 30.5 Å². The third-order valence-electron chi connectivity index (χ3n) is 4.88. The van der Waals surface area contributed by atoms with E-state index in [0.29, 0.717) is 5.82 Å². The van der Waals surface area contributed by atoms with Crippen LogP contribution in [0.1, 0.15) is 71.7 Å². The Morgan fingerprint density at radius 2 is 1.96 bits per heavy atom. The number of amides is 1. The van der Waals surface area contributed by atoms with E-state index in [1.54, 1.807) is 13.3 Å². The minimum Gasteiger partial charge on any atom is -0.496 e. The summed E-state index contributed by atoms with van der Waals surface area (Å²) in [6, 6.07) is 7.40. The molecular formula is C22H33N3O3. The van der Waals surface area contributed by atoms with Crippen molar-refractivity contribution in [2.45, 2.75) is 71.4 Å². The number of H-pyrrole nitrogens is 1. The fourth-order valence-corrected chi connectivity index (χ4v) is 3.55. The standard InChI is InChI=1S/C22H33N3O3/c1-6-7-8-9-13-18(25(21(26)27)22(2,3)4)20-23-15-17(24-20)16-12-10-11-14-19(16)28-5/h10-12,14-15,18H,6-9,13H2,1-5H3,(H,23,24)(H,26,27)/t18-/m1/s1. The summed E-state index contributed by atoms with van der Waals surface area (Å²) in [7, 11) is 1.64. The molecule has 0 aliphatic carbocycles. The third kappa shape index (κ3) is 5.27. The van der Waals surface area contributed by atoms with Crippen molar-refractivity contribution in [1.82, 2.24) is 14.9 Å². The Morgan fingerprint density at radius 3 is 2.57 bits per heavy atom. The molecule has 0 spiro atoms. The summed E-state index contributed by atoms with van der Waals surface area (Å²) in [5.41, 5.74) is 1.20. The Kier molecular flexibility index (Phi) is 7.49. The van der Waals surface area contributed by atoms with Gasteiger partial charge in [0, 0.05) is 11.1 Å². The summed E-state index contributed by atoms with van der Waals surface area (Å²) in [4.78, 5) is 21.5. The molecule has 6 heteroatoms. The first-order valence-corrected chi connectivity index (χ1v) is 10.00. The Bertz CT molecular complexity index is 764. The largest absolute Gasteiger partial charge is 0.496 e. The highest BCUT2D eigenvalue weighted by Crippen LogP contribution is 2.34. The molecule has 1 amide bonds. The average molecular weight is 388 g/mol. The number of para-hydroxylation sites is 1. The smallest absolute Gasteiger partial charge is 0.408 e. The van der Waals surface area contributed by atoms with Gasteiger partial charge in [0.25, 0.3) is 0 Å². The predicted molar refractivity (Wildman–Crippen MR) is 112 cm³/mol. The summed E-state index contributed by atoms with van der Waals surface area (Å²) in [5, 5.41) is 9.91. The van der Waals surface area contributed by atoms with Gasteiger partial charge in [-0.2, -0.15) is 0 Å². The summed E-state index contributed by atoms with van der Waals surface area (Å²) >= 11 is 0. The molecule has 2 rings (SSSR count). The summed E-state index contributed by atoms with van der Waals surface area (Å²) < 4.78 is 5.45. The number of imidazole rings is 1. The summed E-state index contributed by atoms with van der Waals surface area (Å²) in [5.74, 6) is 1.43. The maximum atomic E-state index is 12.1. The van der Waals surface area contributed by atoms with Crippen LogP contribution in [0.4, 0.5) is 4.79 Å². The van der Waals surface area contributed by atoms with Gasteiger partial charge in [0.1, 0.15) is 11.6 Å². The van der Waals surface area contributed by atoms with Crippen LogP contribution in [0.2, 0.25) is 0 Å². The van der Waals surface area contributed by atoms with Crippen molar-refractivity contribution in [3.05, 3.63) is 36.3 Å². The molecule has 1 atom stereocenters. The van der Waals surface area contributed by atoms with Gasteiger partial charge in [-0.25, -0.2) is 9.78 Å². The van der Waals surface area contributed by atoms with Crippen LogP contribution in [0.5, 0.6) is 5.75 Å². The number of nitrogens with zero attached hydrogens (tertiary/aromatic N) is 2. The topological polar surface area (TPSA) is 78.5 Å². The molecule has 2 N–H and O–H groups in total. The van der Waals surface area contributed by atoms with Crippen LogP contribution in [0.25, 0.3) is 11.3 Å². The van der Waals surface area contributed by atoms with Gasteiger partial charge in [-0.05, 0) is 39.3 Å². The number of aromatic nitrogens is 2. The molecule has 0 aliphatic heterocycles. The quantitative estimate of drug-likeness (QED) is 0.527. The van der Waals surface area contributed by atoms with Crippen molar-refractivity contribution >= 4 is 6.09 Å². The second-order valence-electron chi connectivity index (χ2n) is 8.07.